The van der Waals surface area contributed by atoms with Gasteiger partial charge in [0, 0.05) is 24.2 Å². The Balaban J connectivity index is 2.02. The Hall–Kier alpha value is -1.81. The van der Waals surface area contributed by atoms with Crippen LogP contribution in [-0.4, -0.2) is 26.4 Å². The van der Waals surface area contributed by atoms with Gasteiger partial charge in [0.25, 0.3) is 0 Å². The molecule has 1 unspecified atom stereocenters. The minimum atomic E-state index is 0.143. The lowest BCUT2D eigenvalue weighted by Crippen LogP contribution is -2.18. The summed E-state index contributed by atoms with van der Waals surface area (Å²) in [5.41, 5.74) is 1.77. The van der Waals surface area contributed by atoms with Gasteiger partial charge in [0.2, 0.25) is 0 Å². The quantitative estimate of drug-likeness (QED) is 0.850. The molecule has 1 atom stereocenters. The number of hydrogen-bond donors (Lipinski definition) is 2. The highest BCUT2D eigenvalue weighted by Crippen LogP contribution is 2.30. The first kappa shape index (κ1) is 11.3. The normalized spacial score (nSPS) is 18.6. The molecule has 1 aromatic carbocycles. The molecule has 1 aromatic heterocycles. The van der Waals surface area contributed by atoms with Crippen molar-refractivity contribution in [1.82, 2.24) is 9.55 Å². The molecule has 2 N–H and O–H groups in total. The van der Waals surface area contributed by atoms with Gasteiger partial charge in [0.15, 0.2) is 0 Å². The number of aliphatic hydroxyl groups is 1. The fourth-order valence-corrected chi connectivity index (χ4v) is 2.55. The topological polar surface area (TPSA) is 58.3 Å². The van der Waals surface area contributed by atoms with E-state index < -0.39 is 0 Å². The summed E-state index contributed by atoms with van der Waals surface area (Å²) in [7, 11) is 0. The molecule has 4 heteroatoms. The molecule has 0 aliphatic carbocycles. The van der Waals surface area contributed by atoms with E-state index in [2.05, 4.69) is 9.55 Å². The van der Waals surface area contributed by atoms with E-state index in [1.807, 2.05) is 18.3 Å². The Morgan fingerprint density at radius 1 is 1.39 bits per heavy atom. The SMILES string of the molecule is OCC1CCCn2cc(-c3cccc(O)c3)nc21. The number of aromatic nitrogens is 2. The summed E-state index contributed by atoms with van der Waals surface area (Å²) in [5.74, 6) is 1.35. The first-order chi connectivity index (χ1) is 8.78. The van der Waals surface area contributed by atoms with Crippen LogP contribution in [0.4, 0.5) is 0 Å². The molecule has 0 spiro atoms. The van der Waals surface area contributed by atoms with Gasteiger partial charge in [0.05, 0.1) is 12.3 Å². The Labute approximate surface area is 106 Å². The van der Waals surface area contributed by atoms with E-state index in [0.717, 1.165) is 36.5 Å². The van der Waals surface area contributed by atoms with Crippen molar-refractivity contribution in [2.24, 2.45) is 0 Å². The molecule has 1 aliphatic heterocycles. The summed E-state index contributed by atoms with van der Waals surface area (Å²) >= 11 is 0. The first-order valence-corrected chi connectivity index (χ1v) is 6.25. The Morgan fingerprint density at radius 2 is 2.28 bits per heavy atom. The highest BCUT2D eigenvalue weighted by molar-refractivity contribution is 5.60. The molecule has 1 aliphatic rings. The van der Waals surface area contributed by atoms with Gasteiger partial charge in [-0.2, -0.15) is 0 Å². The van der Waals surface area contributed by atoms with Crippen LogP contribution in [0.15, 0.2) is 30.5 Å². The monoisotopic (exact) mass is 244 g/mol. The minimum absolute atomic E-state index is 0.143. The fraction of sp³-hybridized carbons (Fsp3) is 0.357. The molecule has 3 rings (SSSR count). The number of imidazole rings is 1. The second kappa shape index (κ2) is 4.46. The van der Waals surface area contributed by atoms with Crippen molar-refractivity contribution < 1.29 is 10.2 Å². The Morgan fingerprint density at radius 3 is 3.06 bits per heavy atom. The number of benzene rings is 1. The van der Waals surface area contributed by atoms with E-state index in [-0.39, 0.29) is 18.3 Å². The summed E-state index contributed by atoms with van der Waals surface area (Å²) < 4.78 is 2.11. The van der Waals surface area contributed by atoms with Crippen molar-refractivity contribution >= 4 is 0 Å². The van der Waals surface area contributed by atoms with Crippen LogP contribution in [0, 0.1) is 0 Å². The van der Waals surface area contributed by atoms with Gasteiger partial charge >= 0.3 is 0 Å². The van der Waals surface area contributed by atoms with Crippen LogP contribution in [-0.2, 0) is 6.54 Å². The van der Waals surface area contributed by atoms with Gasteiger partial charge in [-0.15, -0.1) is 0 Å². The summed E-state index contributed by atoms with van der Waals surface area (Å²) in [6.45, 7) is 1.11. The van der Waals surface area contributed by atoms with Crippen molar-refractivity contribution in [3.63, 3.8) is 0 Å². The van der Waals surface area contributed by atoms with Crippen LogP contribution in [0.5, 0.6) is 5.75 Å². The molecule has 0 saturated carbocycles. The number of fused-ring (bicyclic) bond motifs is 1. The number of aromatic hydroxyl groups is 1. The molecule has 0 bridgehead atoms. The van der Waals surface area contributed by atoms with Gasteiger partial charge < -0.3 is 14.8 Å². The van der Waals surface area contributed by atoms with E-state index in [1.54, 1.807) is 12.1 Å². The molecule has 0 saturated heterocycles. The maximum absolute atomic E-state index is 9.50. The number of rotatable bonds is 2. The van der Waals surface area contributed by atoms with Crippen molar-refractivity contribution in [2.45, 2.75) is 25.3 Å². The lowest BCUT2D eigenvalue weighted by Gasteiger charge is -2.21. The standard InChI is InChI=1S/C14H16N2O2/c17-9-11-4-2-6-16-8-13(15-14(11)16)10-3-1-5-12(18)7-10/h1,3,5,7-8,11,17-18H,2,4,6,9H2. The maximum Gasteiger partial charge on any atom is 0.116 e. The number of aryl methyl sites for hydroxylation is 1. The van der Waals surface area contributed by atoms with Crippen LogP contribution in [0.1, 0.15) is 24.6 Å². The molecule has 18 heavy (non-hydrogen) atoms. The molecule has 0 amide bonds. The van der Waals surface area contributed by atoms with Gasteiger partial charge in [-0.1, -0.05) is 12.1 Å². The molecule has 0 fully saturated rings. The number of aliphatic hydroxyl groups excluding tert-OH is 1. The Bertz CT molecular complexity index is 563. The van der Waals surface area contributed by atoms with E-state index in [0.29, 0.717) is 0 Å². The third-order valence-corrected chi connectivity index (χ3v) is 3.49. The third kappa shape index (κ3) is 1.88. The minimum Gasteiger partial charge on any atom is -0.508 e. The highest BCUT2D eigenvalue weighted by atomic mass is 16.3. The van der Waals surface area contributed by atoms with Crippen molar-refractivity contribution in [1.29, 1.82) is 0 Å². The van der Waals surface area contributed by atoms with Crippen molar-refractivity contribution in [3.8, 4) is 17.0 Å². The molecule has 0 radical (unpaired) electrons. The summed E-state index contributed by atoms with van der Waals surface area (Å²) in [4.78, 5) is 4.61. The number of hydrogen-bond acceptors (Lipinski definition) is 3. The zero-order chi connectivity index (χ0) is 12.5. The number of phenolic OH excluding ortho intramolecular Hbond substituents is 1. The molecular formula is C14H16N2O2. The van der Waals surface area contributed by atoms with Crippen LogP contribution in [0.2, 0.25) is 0 Å². The van der Waals surface area contributed by atoms with Crippen LogP contribution in [0.25, 0.3) is 11.3 Å². The van der Waals surface area contributed by atoms with E-state index in [9.17, 15) is 10.2 Å². The Kier molecular flexibility index (Phi) is 2.80. The predicted molar refractivity (Wildman–Crippen MR) is 68.4 cm³/mol. The number of phenols is 1. The van der Waals surface area contributed by atoms with Gasteiger partial charge in [-0.25, -0.2) is 4.98 Å². The zero-order valence-electron chi connectivity index (χ0n) is 10.1. The average Bonchev–Trinajstić information content (AvgIpc) is 2.82. The van der Waals surface area contributed by atoms with E-state index >= 15 is 0 Å². The number of nitrogens with zero attached hydrogens (tertiary/aromatic N) is 2. The van der Waals surface area contributed by atoms with Crippen molar-refractivity contribution in [3.05, 3.63) is 36.3 Å². The first-order valence-electron chi connectivity index (χ1n) is 6.25. The van der Waals surface area contributed by atoms with E-state index in [1.165, 1.54) is 0 Å². The second-order valence-corrected chi connectivity index (χ2v) is 4.75. The van der Waals surface area contributed by atoms with Crippen LogP contribution >= 0.6 is 0 Å². The molecule has 2 heterocycles. The maximum atomic E-state index is 9.50. The summed E-state index contributed by atoms with van der Waals surface area (Å²) in [6.07, 6.45) is 4.08. The van der Waals surface area contributed by atoms with E-state index in [4.69, 9.17) is 0 Å². The van der Waals surface area contributed by atoms with Crippen LogP contribution in [0.3, 0.4) is 0 Å². The molecule has 94 valence electrons. The lowest BCUT2D eigenvalue weighted by atomic mass is 10.0. The molecular weight excluding hydrogens is 228 g/mol. The zero-order valence-corrected chi connectivity index (χ0v) is 10.1. The van der Waals surface area contributed by atoms with Crippen LogP contribution < -0.4 is 0 Å². The highest BCUT2D eigenvalue weighted by Gasteiger charge is 2.22. The predicted octanol–water partition coefficient (Wildman–Crippen LogP) is 2.13. The smallest absolute Gasteiger partial charge is 0.116 e. The van der Waals surface area contributed by atoms with Gasteiger partial charge in [-0.3, -0.25) is 0 Å². The fourth-order valence-electron chi connectivity index (χ4n) is 2.55. The van der Waals surface area contributed by atoms with Crippen molar-refractivity contribution in [2.75, 3.05) is 6.61 Å². The largest absolute Gasteiger partial charge is 0.508 e. The summed E-state index contributed by atoms with van der Waals surface area (Å²) in [5, 5.41) is 18.9. The lowest BCUT2D eigenvalue weighted by molar-refractivity contribution is 0.238. The molecule has 2 aromatic rings. The molecule has 4 nitrogen and oxygen atoms in total. The van der Waals surface area contributed by atoms with Gasteiger partial charge in [-0.05, 0) is 25.0 Å². The average molecular weight is 244 g/mol. The second-order valence-electron chi connectivity index (χ2n) is 4.75. The third-order valence-electron chi connectivity index (χ3n) is 3.49. The van der Waals surface area contributed by atoms with Gasteiger partial charge in [0.1, 0.15) is 11.6 Å². The summed E-state index contributed by atoms with van der Waals surface area (Å²) in [6, 6.07) is 7.10.